The summed E-state index contributed by atoms with van der Waals surface area (Å²) in [6.07, 6.45) is 3.90. The van der Waals surface area contributed by atoms with Crippen molar-refractivity contribution in [2.24, 2.45) is 0 Å². The number of nitrogens with zero attached hydrogens (tertiary/aromatic N) is 1. The summed E-state index contributed by atoms with van der Waals surface area (Å²) < 4.78 is 27.1. The molecule has 1 aliphatic heterocycles. The molecule has 0 aromatic heterocycles. The zero-order valence-corrected chi connectivity index (χ0v) is 12.8. The molecule has 3 nitrogen and oxygen atoms in total. The van der Waals surface area contributed by atoms with Gasteiger partial charge in [-0.25, -0.2) is 8.42 Å². The second kappa shape index (κ2) is 6.25. The fourth-order valence-corrected chi connectivity index (χ4v) is 4.73. The van der Waals surface area contributed by atoms with Crippen molar-refractivity contribution in [3.05, 3.63) is 29.8 Å². The van der Waals surface area contributed by atoms with Crippen LogP contribution in [0.4, 0.5) is 0 Å². The average molecular weight is 302 g/mol. The Morgan fingerprint density at radius 3 is 2.79 bits per heavy atom. The summed E-state index contributed by atoms with van der Waals surface area (Å²) in [4.78, 5) is 0.379. The Hall–Kier alpha value is -0.580. The first kappa shape index (κ1) is 14.8. The number of hydrogen-bond donors (Lipinski definition) is 0. The number of halogens is 1. The van der Waals surface area contributed by atoms with Crippen molar-refractivity contribution >= 4 is 21.6 Å². The maximum absolute atomic E-state index is 12.7. The number of sulfonamides is 1. The monoisotopic (exact) mass is 301 g/mol. The topological polar surface area (TPSA) is 37.4 Å². The minimum Gasteiger partial charge on any atom is -0.207 e. The van der Waals surface area contributed by atoms with E-state index in [2.05, 4.69) is 0 Å². The predicted octanol–water partition coefficient (Wildman–Crippen LogP) is 3.17. The van der Waals surface area contributed by atoms with E-state index < -0.39 is 10.0 Å². The SMILES string of the molecule is Cc1cccc(S(=O)(=O)N2CCCCCC2CCl)c1. The third-order valence-electron chi connectivity index (χ3n) is 3.60. The molecule has 0 spiro atoms. The number of rotatable bonds is 3. The molecule has 1 heterocycles. The van der Waals surface area contributed by atoms with E-state index in [4.69, 9.17) is 11.6 Å². The summed E-state index contributed by atoms with van der Waals surface area (Å²) in [7, 11) is -3.42. The van der Waals surface area contributed by atoms with Gasteiger partial charge in [0.1, 0.15) is 0 Å². The molecule has 1 atom stereocenters. The zero-order valence-electron chi connectivity index (χ0n) is 11.2. The van der Waals surface area contributed by atoms with Gasteiger partial charge in [-0.05, 0) is 37.5 Å². The van der Waals surface area contributed by atoms with Gasteiger partial charge in [0.25, 0.3) is 0 Å². The number of benzene rings is 1. The van der Waals surface area contributed by atoms with Crippen molar-refractivity contribution < 1.29 is 8.42 Å². The van der Waals surface area contributed by atoms with Crippen LogP contribution in [-0.2, 0) is 10.0 Å². The lowest BCUT2D eigenvalue weighted by atomic mass is 10.1. The van der Waals surface area contributed by atoms with Crippen molar-refractivity contribution in [2.45, 2.75) is 43.5 Å². The molecule has 106 valence electrons. The van der Waals surface area contributed by atoms with Crippen molar-refractivity contribution in [1.29, 1.82) is 0 Å². The molecule has 1 aromatic carbocycles. The molecule has 1 fully saturated rings. The third kappa shape index (κ3) is 3.30. The first-order chi connectivity index (χ1) is 9.05. The van der Waals surface area contributed by atoms with E-state index in [1.807, 2.05) is 13.0 Å². The number of aryl methyl sites for hydroxylation is 1. The lowest BCUT2D eigenvalue weighted by Crippen LogP contribution is -2.41. The van der Waals surface area contributed by atoms with Gasteiger partial charge >= 0.3 is 0 Å². The van der Waals surface area contributed by atoms with Gasteiger partial charge in [-0.1, -0.05) is 25.0 Å². The van der Waals surface area contributed by atoms with Gasteiger partial charge in [0.15, 0.2) is 0 Å². The van der Waals surface area contributed by atoms with Gasteiger partial charge in [-0.3, -0.25) is 0 Å². The number of hydrogen-bond acceptors (Lipinski definition) is 2. The molecule has 0 N–H and O–H groups in total. The Kier molecular flexibility index (Phi) is 4.87. The molecule has 1 aliphatic rings. The van der Waals surface area contributed by atoms with Crippen molar-refractivity contribution in [3.63, 3.8) is 0 Å². The summed E-state index contributed by atoms with van der Waals surface area (Å²) in [6.45, 7) is 2.48. The lowest BCUT2D eigenvalue weighted by molar-refractivity contribution is 0.345. The highest BCUT2D eigenvalue weighted by Gasteiger charge is 2.31. The highest BCUT2D eigenvalue weighted by molar-refractivity contribution is 7.89. The van der Waals surface area contributed by atoms with Crippen LogP contribution >= 0.6 is 11.6 Å². The highest BCUT2D eigenvalue weighted by atomic mass is 35.5. The van der Waals surface area contributed by atoms with Crippen LogP contribution in [0, 0.1) is 6.92 Å². The van der Waals surface area contributed by atoms with Crippen LogP contribution in [0.2, 0.25) is 0 Å². The van der Waals surface area contributed by atoms with E-state index in [0.717, 1.165) is 31.2 Å². The molecule has 1 saturated heterocycles. The summed E-state index contributed by atoms with van der Waals surface area (Å²) in [5, 5.41) is 0. The lowest BCUT2D eigenvalue weighted by Gasteiger charge is -2.27. The van der Waals surface area contributed by atoms with Crippen LogP contribution in [0.15, 0.2) is 29.2 Å². The second-order valence-electron chi connectivity index (χ2n) is 5.09. The van der Waals surface area contributed by atoms with Crippen molar-refractivity contribution in [1.82, 2.24) is 4.31 Å². The molecule has 0 amide bonds. The summed E-state index contributed by atoms with van der Waals surface area (Å²) in [5.41, 5.74) is 0.957. The van der Waals surface area contributed by atoms with Gasteiger partial charge in [-0.15, -0.1) is 11.6 Å². The van der Waals surface area contributed by atoms with E-state index in [-0.39, 0.29) is 6.04 Å². The fraction of sp³-hybridized carbons (Fsp3) is 0.571. The fourth-order valence-electron chi connectivity index (χ4n) is 2.53. The summed E-state index contributed by atoms with van der Waals surface area (Å²) in [5.74, 6) is 0.366. The summed E-state index contributed by atoms with van der Waals surface area (Å²) >= 11 is 5.97. The molecule has 19 heavy (non-hydrogen) atoms. The van der Waals surface area contributed by atoms with E-state index in [9.17, 15) is 8.42 Å². The van der Waals surface area contributed by atoms with E-state index in [0.29, 0.717) is 17.3 Å². The first-order valence-corrected chi connectivity index (χ1v) is 8.67. The summed E-state index contributed by atoms with van der Waals surface area (Å²) in [6, 6.07) is 7.01. The van der Waals surface area contributed by atoms with Gasteiger partial charge in [-0.2, -0.15) is 4.31 Å². The second-order valence-corrected chi connectivity index (χ2v) is 7.29. The quantitative estimate of drug-likeness (QED) is 0.804. The van der Waals surface area contributed by atoms with Crippen LogP contribution in [-0.4, -0.2) is 31.2 Å². The molecule has 0 radical (unpaired) electrons. The molecule has 2 rings (SSSR count). The Bertz CT molecular complexity index is 530. The Labute approximate surface area is 120 Å². The zero-order chi connectivity index (χ0) is 13.9. The normalized spacial score (nSPS) is 22.1. The molecule has 1 unspecified atom stereocenters. The van der Waals surface area contributed by atoms with Crippen LogP contribution in [0.3, 0.4) is 0 Å². The average Bonchev–Trinajstić information content (AvgIpc) is 2.64. The first-order valence-electron chi connectivity index (χ1n) is 6.70. The number of alkyl halides is 1. The van der Waals surface area contributed by atoms with E-state index >= 15 is 0 Å². The maximum Gasteiger partial charge on any atom is 0.243 e. The molecule has 0 saturated carbocycles. The van der Waals surface area contributed by atoms with Crippen molar-refractivity contribution in [3.8, 4) is 0 Å². The highest BCUT2D eigenvalue weighted by Crippen LogP contribution is 2.25. The molecular weight excluding hydrogens is 282 g/mol. The van der Waals surface area contributed by atoms with Gasteiger partial charge in [0, 0.05) is 18.5 Å². The van der Waals surface area contributed by atoms with E-state index in [1.54, 1.807) is 22.5 Å². The van der Waals surface area contributed by atoms with Gasteiger partial charge in [0.2, 0.25) is 10.0 Å². The molecule has 5 heteroatoms. The van der Waals surface area contributed by atoms with Crippen LogP contribution < -0.4 is 0 Å². The minimum absolute atomic E-state index is 0.0744. The van der Waals surface area contributed by atoms with Crippen LogP contribution in [0.1, 0.15) is 31.2 Å². The molecule has 1 aromatic rings. The minimum atomic E-state index is -3.42. The molecule has 0 aliphatic carbocycles. The van der Waals surface area contributed by atoms with E-state index in [1.165, 1.54) is 0 Å². The largest absolute Gasteiger partial charge is 0.243 e. The van der Waals surface area contributed by atoms with Crippen molar-refractivity contribution in [2.75, 3.05) is 12.4 Å². The van der Waals surface area contributed by atoms with Crippen LogP contribution in [0.5, 0.6) is 0 Å². The van der Waals surface area contributed by atoms with Gasteiger partial charge in [0.05, 0.1) is 4.90 Å². The molecular formula is C14H20ClNO2S. The third-order valence-corrected chi connectivity index (χ3v) is 5.90. The Morgan fingerprint density at radius 1 is 1.32 bits per heavy atom. The van der Waals surface area contributed by atoms with Gasteiger partial charge < -0.3 is 0 Å². The maximum atomic E-state index is 12.7. The Balaban J connectivity index is 2.36. The standard InChI is InChI=1S/C14H20ClNO2S/c1-12-6-5-8-14(10-12)19(17,18)16-9-4-2-3-7-13(16)11-15/h5-6,8,10,13H,2-4,7,9,11H2,1H3. The smallest absolute Gasteiger partial charge is 0.207 e. The predicted molar refractivity (Wildman–Crippen MR) is 78.0 cm³/mol. The molecule has 0 bridgehead atoms. The Morgan fingerprint density at radius 2 is 2.11 bits per heavy atom. The van der Waals surface area contributed by atoms with Crippen LogP contribution in [0.25, 0.3) is 0 Å².